The normalized spacial score (nSPS) is 10.5. The molecule has 2 aromatic carbocycles. The van der Waals surface area contributed by atoms with E-state index in [2.05, 4.69) is 18.3 Å². The monoisotopic (exact) mass is 392 g/mol. The number of hydrogen-bond acceptors (Lipinski definition) is 3. The van der Waals surface area contributed by atoms with Crippen LogP contribution in [-0.4, -0.2) is 18.4 Å². The maximum absolute atomic E-state index is 13.1. The molecule has 1 heterocycles. The topological polar surface area (TPSA) is 49.4 Å². The number of rotatable bonds is 7. The first-order chi connectivity index (χ1) is 13.6. The molecule has 1 aromatic heterocycles. The second-order valence-corrected chi connectivity index (χ2v) is 7.54. The molecular formula is C23H24N2O2S. The predicted octanol–water partition coefficient (Wildman–Crippen LogP) is 4.58. The fourth-order valence-corrected chi connectivity index (χ4v) is 3.68. The summed E-state index contributed by atoms with van der Waals surface area (Å²) in [5.41, 5.74) is 4.01. The van der Waals surface area contributed by atoms with E-state index in [4.69, 9.17) is 0 Å². The molecule has 4 nitrogen and oxygen atoms in total. The Morgan fingerprint density at radius 3 is 2.39 bits per heavy atom. The van der Waals surface area contributed by atoms with E-state index in [1.165, 1.54) is 11.3 Å². The Morgan fingerprint density at radius 2 is 1.75 bits per heavy atom. The zero-order chi connectivity index (χ0) is 19.9. The molecule has 3 aromatic rings. The van der Waals surface area contributed by atoms with E-state index in [0.717, 1.165) is 22.4 Å². The molecule has 0 radical (unpaired) electrons. The number of benzene rings is 2. The lowest BCUT2D eigenvalue weighted by Gasteiger charge is -2.23. The van der Waals surface area contributed by atoms with Gasteiger partial charge in [0, 0.05) is 12.2 Å². The number of likely N-dealkylation sites (N-methyl/N-ethyl adjacent to an activating group) is 1. The minimum Gasteiger partial charge on any atom is -0.356 e. The van der Waals surface area contributed by atoms with Crippen LogP contribution in [0.1, 0.15) is 33.3 Å². The van der Waals surface area contributed by atoms with E-state index in [9.17, 15) is 9.59 Å². The lowest BCUT2D eigenvalue weighted by Crippen LogP contribution is -2.30. The molecular weight excluding hydrogens is 368 g/mol. The van der Waals surface area contributed by atoms with Gasteiger partial charge in [0.15, 0.2) is 0 Å². The molecule has 0 fully saturated rings. The molecule has 0 aliphatic heterocycles. The molecule has 5 heteroatoms. The average Bonchev–Trinajstić information content (AvgIpc) is 3.23. The van der Waals surface area contributed by atoms with Crippen molar-refractivity contribution in [3.05, 3.63) is 87.6 Å². The van der Waals surface area contributed by atoms with Gasteiger partial charge in [-0.3, -0.25) is 9.59 Å². The zero-order valence-corrected chi connectivity index (χ0v) is 17.0. The number of nitrogens with one attached hydrogen (secondary N) is 1. The maximum atomic E-state index is 13.1. The Hall–Kier alpha value is -2.92. The molecule has 1 N–H and O–H groups in total. The fraction of sp³-hybridized carbons (Fsp3) is 0.217. The van der Waals surface area contributed by atoms with Gasteiger partial charge in [-0.2, -0.15) is 0 Å². The lowest BCUT2D eigenvalue weighted by atomic mass is 10.1. The van der Waals surface area contributed by atoms with E-state index < -0.39 is 0 Å². The van der Waals surface area contributed by atoms with Crippen LogP contribution in [0.25, 0.3) is 0 Å². The van der Waals surface area contributed by atoms with Crippen LogP contribution >= 0.6 is 11.3 Å². The number of carbonyl (C=O) groups is 2. The van der Waals surface area contributed by atoms with Crippen LogP contribution < -0.4 is 10.2 Å². The van der Waals surface area contributed by atoms with E-state index in [1.54, 1.807) is 4.90 Å². The summed E-state index contributed by atoms with van der Waals surface area (Å²) in [7, 11) is 0. The maximum Gasteiger partial charge on any atom is 0.268 e. The minimum absolute atomic E-state index is 0.00155. The summed E-state index contributed by atoms with van der Waals surface area (Å²) in [6.07, 6.45) is 0.338. The first-order valence-electron chi connectivity index (χ1n) is 9.34. The number of carbonyl (C=O) groups excluding carboxylic acids is 2. The van der Waals surface area contributed by atoms with Crippen molar-refractivity contribution in [3.63, 3.8) is 0 Å². The largest absolute Gasteiger partial charge is 0.356 e. The lowest BCUT2D eigenvalue weighted by molar-refractivity contribution is -0.120. The number of amides is 2. The quantitative estimate of drug-likeness (QED) is 0.640. The molecule has 0 saturated heterocycles. The van der Waals surface area contributed by atoms with Crippen molar-refractivity contribution < 1.29 is 9.59 Å². The van der Waals surface area contributed by atoms with Crippen molar-refractivity contribution in [1.82, 2.24) is 5.32 Å². The van der Waals surface area contributed by atoms with Crippen molar-refractivity contribution in [1.29, 1.82) is 0 Å². The van der Waals surface area contributed by atoms with E-state index >= 15 is 0 Å². The Morgan fingerprint density at radius 1 is 1.00 bits per heavy atom. The van der Waals surface area contributed by atoms with Gasteiger partial charge in [0.1, 0.15) is 0 Å². The molecule has 0 aliphatic carbocycles. The first-order valence-corrected chi connectivity index (χ1v) is 10.2. The van der Waals surface area contributed by atoms with Gasteiger partial charge >= 0.3 is 0 Å². The van der Waals surface area contributed by atoms with Crippen LogP contribution in [0.4, 0.5) is 5.69 Å². The summed E-state index contributed by atoms with van der Waals surface area (Å²) in [6, 6.07) is 19.5. The highest BCUT2D eigenvalue weighted by atomic mass is 32.1. The Labute approximate surface area is 169 Å². The smallest absolute Gasteiger partial charge is 0.268 e. The summed E-state index contributed by atoms with van der Waals surface area (Å²) >= 11 is 1.44. The molecule has 0 spiro atoms. The highest BCUT2D eigenvalue weighted by Gasteiger charge is 2.20. The molecule has 2 amide bonds. The van der Waals surface area contributed by atoms with Gasteiger partial charge in [-0.1, -0.05) is 42.5 Å². The van der Waals surface area contributed by atoms with E-state index in [0.29, 0.717) is 24.4 Å². The highest BCUT2D eigenvalue weighted by Crippen LogP contribution is 2.24. The predicted molar refractivity (Wildman–Crippen MR) is 115 cm³/mol. The van der Waals surface area contributed by atoms with Crippen LogP contribution in [0.5, 0.6) is 0 Å². The van der Waals surface area contributed by atoms with Gasteiger partial charge < -0.3 is 10.2 Å². The third-order valence-electron chi connectivity index (χ3n) is 4.55. The molecule has 0 bridgehead atoms. The molecule has 144 valence electrons. The molecule has 0 aliphatic rings. The Bertz CT molecular complexity index is 934. The van der Waals surface area contributed by atoms with Gasteiger partial charge in [0.25, 0.3) is 5.91 Å². The van der Waals surface area contributed by atoms with Gasteiger partial charge in [0.05, 0.1) is 17.8 Å². The number of nitrogens with zero attached hydrogens (tertiary/aromatic N) is 1. The molecule has 0 unspecified atom stereocenters. The SMILES string of the molecule is CCNC(=O)Cc1ccc(N(Cc2ccccc2C)C(=O)c2cccs2)cc1. The summed E-state index contributed by atoms with van der Waals surface area (Å²) in [4.78, 5) is 27.4. The minimum atomic E-state index is -0.0188. The molecule has 0 saturated carbocycles. The van der Waals surface area contributed by atoms with Crippen molar-refractivity contribution >= 4 is 28.8 Å². The van der Waals surface area contributed by atoms with Gasteiger partial charge in [-0.25, -0.2) is 0 Å². The third kappa shape index (κ3) is 4.87. The number of aryl methyl sites for hydroxylation is 1. The van der Waals surface area contributed by atoms with Gasteiger partial charge in [-0.05, 0) is 54.1 Å². The highest BCUT2D eigenvalue weighted by molar-refractivity contribution is 7.12. The van der Waals surface area contributed by atoms with Crippen LogP contribution in [0.2, 0.25) is 0 Å². The summed E-state index contributed by atoms with van der Waals surface area (Å²) in [5, 5.41) is 4.72. The average molecular weight is 393 g/mol. The van der Waals surface area contributed by atoms with Crippen LogP contribution in [-0.2, 0) is 17.8 Å². The van der Waals surface area contributed by atoms with Gasteiger partial charge in [-0.15, -0.1) is 11.3 Å². The van der Waals surface area contributed by atoms with E-state index in [1.807, 2.05) is 66.9 Å². The summed E-state index contributed by atoms with van der Waals surface area (Å²) in [5.74, 6) is -0.0172. The zero-order valence-electron chi connectivity index (χ0n) is 16.1. The first kappa shape index (κ1) is 19.8. The number of anilines is 1. The fourth-order valence-electron chi connectivity index (χ4n) is 3.01. The molecule has 28 heavy (non-hydrogen) atoms. The third-order valence-corrected chi connectivity index (χ3v) is 5.41. The van der Waals surface area contributed by atoms with Crippen molar-refractivity contribution in [3.8, 4) is 0 Å². The molecule has 0 atom stereocenters. The van der Waals surface area contributed by atoms with Crippen molar-refractivity contribution in [2.24, 2.45) is 0 Å². The number of hydrogen-bond donors (Lipinski definition) is 1. The summed E-state index contributed by atoms with van der Waals surface area (Å²) < 4.78 is 0. The molecule has 3 rings (SSSR count). The Kier molecular flexibility index (Phi) is 6.61. The standard InChI is InChI=1S/C23H24N2O2S/c1-3-24-22(26)15-18-10-12-20(13-11-18)25(23(27)21-9-6-14-28-21)16-19-8-5-4-7-17(19)2/h4-14H,3,15-16H2,1-2H3,(H,24,26). The second kappa shape index (κ2) is 9.33. The van der Waals surface area contributed by atoms with Crippen molar-refractivity contribution in [2.45, 2.75) is 26.8 Å². The van der Waals surface area contributed by atoms with Crippen LogP contribution in [0, 0.1) is 6.92 Å². The summed E-state index contributed by atoms with van der Waals surface area (Å²) in [6.45, 7) is 5.08. The van der Waals surface area contributed by atoms with Crippen LogP contribution in [0.15, 0.2) is 66.0 Å². The van der Waals surface area contributed by atoms with Gasteiger partial charge in [0.2, 0.25) is 5.91 Å². The number of thiophene rings is 1. The van der Waals surface area contributed by atoms with Crippen LogP contribution in [0.3, 0.4) is 0 Å². The van der Waals surface area contributed by atoms with E-state index in [-0.39, 0.29) is 11.8 Å². The second-order valence-electron chi connectivity index (χ2n) is 6.59. The van der Waals surface area contributed by atoms with Crippen molar-refractivity contribution in [2.75, 3.05) is 11.4 Å². The Balaban J connectivity index is 1.87.